The number of hydrogen-bond acceptors (Lipinski definition) is 3. The molecule has 1 aromatic rings. The minimum atomic E-state index is -0.178. The highest BCUT2D eigenvalue weighted by atomic mass is 16.3. The maximum atomic E-state index is 12.8. The quantitative estimate of drug-likeness (QED) is 0.897. The molecule has 4 rings (SSSR count). The molecule has 1 aromatic carbocycles. The fourth-order valence-electron chi connectivity index (χ4n) is 5.02. The summed E-state index contributed by atoms with van der Waals surface area (Å²) in [5.74, 6) is 1.20. The highest BCUT2D eigenvalue weighted by Crippen LogP contribution is 2.46. The summed E-state index contributed by atoms with van der Waals surface area (Å²) in [4.78, 5) is 15.2. The van der Waals surface area contributed by atoms with Gasteiger partial charge in [-0.3, -0.25) is 4.79 Å². The van der Waals surface area contributed by atoms with E-state index in [4.69, 9.17) is 0 Å². The topological polar surface area (TPSA) is 52.6 Å². The monoisotopic (exact) mass is 328 g/mol. The average molecular weight is 328 g/mol. The SMILES string of the molecule is O=C(N[C@H]1CCCN(c2ccccc2)C1)C1CC2CC1CCC2O. The van der Waals surface area contributed by atoms with Crippen LogP contribution in [0.25, 0.3) is 0 Å². The largest absolute Gasteiger partial charge is 0.393 e. The van der Waals surface area contributed by atoms with Crippen LogP contribution in [0.15, 0.2) is 30.3 Å². The predicted octanol–water partition coefficient (Wildman–Crippen LogP) is 2.57. The number of anilines is 1. The Morgan fingerprint density at radius 3 is 2.71 bits per heavy atom. The van der Waals surface area contributed by atoms with E-state index < -0.39 is 0 Å². The van der Waals surface area contributed by atoms with E-state index in [1.807, 2.05) is 6.07 Å². The van der Waals surface area contributed by atoms with E-state index in [9.17, 15) is 9.90 Å². The van der Waals surface area contributed by atoms with Crippen LogP contribution < -0.4 is 10.2 Å². The van der Waals surface area contributed by atoms with E-state index in [2.05, 4.69) is 34.5 Å². The van der Waals surface area contributed by atoms with Crippen molar-refractivity contribution in [2.45, 2.75) is 50.7 Å². The lowest BCUT2D eigenvalue weighted by Crippen LogP contribution is -2.49. The number of carbonyl (C=O) groups excluding carboxylic acids is 1. The molecule has 2 bridgehead atoms. The summed E-state index contributed by atoms with van der Waals surface area (Å²) >= 11 is 0. The second kappa shape index (κ2) is 6.75. The van der Waals surface area contributed by atoms with Crippen LogP contribution in [0.4, 0.5) is 5.69 Å². The van der Waals surface area contributed by atoms with Crippen molar-refractivity contribution in [1.82, 2.24) is 5.32 Å². The van der Waals surface area contributed by atoms with Gasteiger partial charge in [-0.15, -0.1) is 0 Å². The van der Waals surface area contributed by atoms with Crippen molar-refractivity contribution in [2.24, 2.45) is 17.8 Å². The Balaban J connectivity index is 1.36. The molecule has 1 amide bonds. The Kier molecular flexibility index (Phi) is 4.49. The molecule has 2 N–H and O–H groups in total. The summed E-state index contributed by atoms with van der Waals surface area (Å²) in [6, 6.07) is 10.7. The summed E-state index contributed by atoms with van der Waals surface area (Å²) in [6.45, 7) is 1.97. The van der Waals surface area contributed by atoms with Crippen LogP contribution in [0.2, 0.25) is 0 Å². The minimum absolute atomic E-state index is 0.124. The van der Waals surface area contributed by atoms with Crippen LogP contribution in [-0.4, -0.2) is 36.2 Å². The van der Waals surface area contributed by atoms with Crippen molar-refractivity contribution in [3.05, 3.63) is 30.3 Å². The Hall–Kier alpha value is -1.55. The predicted molar refractivity (Wildman–Crippen MR) is 94.8 cm³/mol. The number of rotatable bonds is 3. The molecule has 4 unspecified atom stereocenters. The molecule has 5 atom stereocenters. The fraction of sp³-hybridized carbons (Fsp3) is 0.650. The number of aliphatic hydroxyl groups excluding tert-OH is 1. The van der Waals surface area contributed by atoms with Gasteiger partial charge in [0.2, 0.25) is 5.91 Å². The molecule has 0 radical (unpaired) electrons. The lowest BCUT2D eigenvalue weighted by molar-refractivity contribution is -0.126. The standard InChI is InChI=1S/C20H28N2O2/c23-19-9-8-14-11-15(19)12-18(14)20(24)21-16-5-4-10-22(13-16)17-6-2-1-3-7-17/h1-3,6-7,14-16,18-19,23H,4-5,8-13H2,(H,21,24)/t14?,15?,16-,18?,19?/m0/s1. The summed E-state index contributed by atoms with van der Waals surface area (Å²) < 4.78 is 0. The molecular formula is C20H28N2O2. The third kappa shape index (κ3) is 3.16. The van der Waals surface area contributed by atoms with Gasteiger partial charge in [0.1, 0.15) is 0 Å². The van der Waals surface area contributed by atoms with E-state index in [0.29, 0.717) is 11.8 Å². The number of benzene rings is 1. The number of nitrogens with zero attached hydrogens (tertiary/aromatic N) is 1. The molecule has 0 aromatic heterocycles. The van der Waals surface area contributed by atoms with Gasteiger partial charge in [0.05, 0.1) is 6.10 Å². The third-order valence-corrected chi connectivity index (χ3v) is 6.33. The molecule has 130 valence electrons. The zero-order chi connectivity index (χ0) is 16.5. The van der Waals surface area contributed by atoms with Gasteiger partial charge in [0, 0.05) is 30.7 Å². The van der Waals surface area contributed by atoms with E-state index in [1.165, 1.54) is 5.69 Å². The van der Waals surface area contributed by atoms with Crippen LogP contribution in [0.1, 0.15) is 38.5 Å². The number of aliphatic hydroxyl groups is 1. The second-order valence-electron chi connectivity index (χ2n) is 7.87. The molecule has 2 saturated carbocycles. The second-order valence-corrected chi connectivity index (χ2v) is 7.87. The summed E-state index contributed by atoms with van der Waals surface area (Å²) in [5.41, 5.74) is 1.25. The number of amides is 1. The Bertz CT molecular complexity index is 576. The van der Waals surface area contributed by atoms with Crippen molar-refractivity contribution >= 4 is 11.6 Å². The summed E-state index contributed by atoms with van der Waals surface area (Å²) in [5, 5.41) is 13.4. The highest BCUT2D eigenvalue weighted by molar-refractivity contribution is 5.79. The zero-order valence-electron chi connectivity index (χ0n) is 14.2. The maximum absolute atomic E-state index is 12.8. The van der Waals surface area contributed by atoms with Gasteiger partial charge in [0.25, 0.3) is 0 Å². The van der Waals surface area contributed by atoms with Gasteiger partial charge in [-0.2, -0.15) is 0 Å². The Morgan fingerprint density at radius 2 is 1.92 bits per heavy atom. The molecule has 4 heteroatoms. The van der Waals surface area contributed by atoms with Gasteiger partial charge in [-0.25, -0.2) is 0 Å². The molecular weight excluding hydrogens is 300 g/mol. The number of carbonyl (C=O) groups is 1. The molecule has 3 fully saturated rings. The highest BCUT2D eigenvalue weighted by Gasteiger charge is 2.44. The van der Waals surface area contributed by atoms with E-state index in [0.717, 1.165) is 51.6 Å². The Labute approximate surface area is 144 Å². The molecule has 4 nitrogen and oxygen atoms in total. The van der Waals surface area contributed by atoms with E-state index in [-0.39, 0.29) is 24.0 Å². The molecule has 2 aliphatic carbocycles. The van der Waals surface area contributed by atoms with Gasteiger partial charge in [-0.1, -0.05) is 18.2 Å². The first-order valence-electron chi connectivity index (χ1n) is 9.49. The van der Waals surface area contributed by atoms with E-state index >= 15 is 0 Å². The number of nitrogens with one attached hydrogen (secondary N) is 1. The molecule has 1 heterocycles. The zero-order valence-corrected chi connectivity index (χ0v) is 14.2. The lowest BCUT2D eigenvalue weighted by atomic mass is 9.85. The van der Waals surface area contributed by atoms with Gasteiger partial charge in [0.15, 0.2) is 0 Å². The first-order chi connectivity index (χ1) is 11.7. The Morgan fingerprint density at radius 1 is 1.08 bits per heavy atom. The molecule has 3 aliphatic rings. The van der Waals surface area contributed by atoms with Crippen LogP contribution >= 0.6 is 0 Å². The number of hydrogen-bond donors (Lipinski definition) is 2. The van der Waals surface area contributed by atoms with E-state index in [1.54, 1.807) is 0 Å². The van der Waals surface area contributed by atoms with Gasteiger partial charge in [-0.05, 0) is 62.5 Å². The summed E-state index contributed by atoms with van der Waals surface area (Å²) in [6.07, 6.45) is 5.82. The van der Waals surface area contributed by atoms with Crippen molar-refractivity contribution in [1.29, 1.82) is 0 Å². The molecule has 1 saturated heterocycles. The number of fused-ring (bicyclic) bond motifs is 2. The first kappa shape index (κ1) is 15.9. The normalized spacial score (nSPS) is 35.7. The van der Waals surface area contributed by atoms with Crippen molar-refractivity contribution < 1.29 is 9.90 Å². The number of piperidine rings is 1. The van der Waals surface area contributed by atoms with Gasteiger partial charge < -0.3 is 15.3 Å². The lowest BCUT2D eigenvalue weighted by Gasteiger charge is -2.35. The fourth-order valence-corrected chi connectivity index (χ4v) is 5.02. The van der Waals surface area contributed by atoms with Crippen molar-refractivity contribution in [3.63, 3.8) is 0 Å². The maximum Gasteiger partial charge on any atom is 0.223 e. The van der Waals surface area contributed by atoms with Crippen molar-refractivity contribution in [3.8, 4) is 0 Å². The molecule has 1 aliphatic heterocycles. The van der Waals surface area contributed by atoms with Crippen LogP contribution in [0, 0.1) is 17.8 Å². The molecule has 0 spiro atoms. The number of para-hydroxylation sites is 1. The first-order valence-corrected chi connectivity index (χ1v) is 9.49. The van der Waals surface area contributed by atoms with Crippen LogP contribution in [-0.2, 0) is 4.79 Å². The van der Waals surface area contributed by atoms with Crippen LogP contribution in [0.3, 0.4) is 0 Å². The van der Waals surface area contributed by atoms with Crippen LogP contribution in [0.5, 0.6) is 0 Å². The third-order valence-electron chi connectivity index (χ3n) is 6.33. The minimum Gasteiger partial charge on any atom is -0.393 e. The summed E-state index contributed by atoms with van der Waals surface area (Å²) in [7, 11) is 0. The molecule has 24 heavy (non-hydrogen) atoms. The van der Waals surface area contributed by atoms with Crippen molar-refractivity contribution in [2.75, 3.05) is 18.0 Å². The smallest absolute Gasteiger partial charge is 0.223 e. The van der Waals surface area contributed by atoms with Gasteiger partial charge >= 0.3 is 0 Å². The average Bonchev–Trinajstić information content (AvgIpc) is 2.98.